The third kappa shape index (κ3) is 5.23. The van der Waals surface area contributed by atoms with Gasteiger partial charge in [-0.25, -0.2) is 0 Å². The molecule has 170 valence electrons. The third-order valence-corrected chi connectivity index (χ3v) is 6.17. The standard InChI is InChI=1S/C15H17NO.C14H14O2/c1-4-11(5-2)13-9-14(17)16-15-10(3)7-6-8-12(13)15;1-3-10(4-2)12-9-14(15)16-13-8-6-5-7-11(12)13/h4-8,13H,1,9H2,2-3H3,(H,16,17);3-8,12H,1,9H2,2H3/b11-5+;10-4+. The number of carbonyl (C=O) groups is 2. The first-order chi connectivity index (χ1) is 15.9. The number of hydrogen-bond acceptors (Lipinski definition) is 3. The fraction of sp³-hybridized carbons (Fsp3) is 0.241. The summed E-state index contributed by atoms with van der Waals surface area (Å²) in [5, 5.41) is 2.96. The van der Waals surface area contributed by atoms with Crippen LogP contribution < -0.4 is 10.1 Å². The molecule has 2 unspecified atom stereocenters. The number of carbonyl (C=O) groups excluding carboxylic acids is 2. The maximum atomic E-state index is 11.8. The molecule has 0 saturated heterocycles. The van der Waals surface area contributed by atoms with Crippen molar-refractivity contribution in [1.82, 2.24) is 0 Å². The van der Waals surface area contributed by atoms with E-state index in [0.29, 0.717) is 18.6 Å². The van der Waals surface area contributed by atoms with E-state index in [1.165, 1.54) is 5.56 Å². The Labute approximate surface area is 196 Å². The molecule has 2 aromatic rings. The quantitative estimate of drug-likeness (QED) is 0.324. The van der Waals surface area contributed by atoms with Gasteiger partial charge in [-0.1, -0.05) is 73.9 Å². The first-order valence-electron chi connectivity index (χ1n) is 11.2. The minimum absolute atomic E-state index is 0.0815. The largest absolute Gasteiger partial charge is 0.426 e. The van der Waals surface area contributed by atoms with E-state index >= 15 is 0 Å². The van der Waals surface area contributed by atoms with Crippen molar-refractivity contribution in [2.24, 2.45) is 0 Å². The van der Waals surface area contributed by atoms with Crippen LogP contribution >= 0.6 is 0 Å². The Kier molecular flexibility index (Phi) is 7.83. The number of anilines is 1. The molecule has 2 heterocycles. The SMILES string of the molecule is C=C/C(=C\C)C1CC(=O)Nc2c(C)cccc21.C=C/C(=C\C)C1CC(=O)Oc2ccccc21. The van der Waals surface area contributed by atoms with Crippen LogP contribution in [0.1, 0.15) is 55.2 Å². The predicted octanol–water partition coefficient (Wildman–Crippen LogP) is 6.76. The highest BCUT2D eigenvalue weighted by atomic mass is 16.5. The van der Waals surface area contributed by atoms with Gasteiger partial charge < -0.3 is 10.1 Å². The molecule has 1 N–H and O–H groups in total. The van der Waals surface area contributed by atoms with Crippen molar-refractivity contribution in [1.29, 1.82) is 0 Å². The molecular weight excluding hydrogens is 410 g/mol. The molecule has 0 bridgehead atoms. The van der Waals surface area contributed by atoms with E-state index < -0.39 is 0 Å². The van der Waals surface area contributed by atoms with Crippen LogP contribution in [0, 0.1) is 6.92 Å². The van der Waals surface area contributed by atoms with Gasteiger partial charge in [0, 0.05) is 29.5 Å². The van der Waals surface area contributed by atoms with Gasteiger partial charge in [0.15, 0.2) is 0 Å². The summed E-state index contributed by atoms with van der Waals surface area (Å²) in [5.41, 5.74) is 6.53. The summed E-state index contributed by atoms with van der Waals surface area (Å²) in [6, 6.07) is 13.8. The second kappa shape index (κ2) is 10.8. The Bertz CT molecular complexity index is 1140. The van der Waals surface area contributed by atoms with Gasteiger partial charge in [-0.2, -0.15) is 0 Å². The highest BCUT2D eigenvalue weighted by Crippen LogP contribution is 2.39. The van der Waals surface area contributed by atoms with Gasteiger partial charge in [-0.15, -0.1) is 0 Å². The maximum absolute atomic E-state index is 11.8. The summed E-state index contributed by atoms with van der Waals surface area (Å²) in [5.74, 6) is 0.800. The number of benzene rings is 2. The zero-order valence-corrected chi connectivity index (χ0v) is 19.6. The zero-order chi connectivity index (χ0) is 24.0. The van der Waals surface area contributed by atoms with Gasteiger partial charge >= 0.3 is 5.97 Å². The number of hydrogen-bond donors (Lipinski definition) is 1. The van der Waals surface area contributed by atoms with Gasteiger partial charge in [0.05, 0.1) is 6.42 Å². The molecule has 4 nitrogen and oxygen atoms in total. The van der Waals surface area contributed by atoms with Crippen molar-refractivity contribution >= 4 is 17.6 Å². The molecule has 0 aliphatic carbocycles. The van der Waals surface area contributed by atoms with Crippen LogP contribution in [-0.2, 0) is 9.59 Å². The van der Waals surface area contributed by atoms with Crippen LogP contribution in [0.25, 0.3) is 0 Å². The second-order valence-electron chi connectivity index (χ2n) is 8.10. The van der Waals surface area contributed by atoms with E-state index in [1.807, 2.05) is 75.4 Å². The van der Waals surface area contributed by atoms with Gasteiger partial charge in [0.1, 0.15) is 5.75 Å². The number of ether oxygens (including phenoxy) is 1. The summed E-state index contributed by atoms with van der Waals surface area (Å²) in [7, 11) is 0. The summed E-state index contributed by atoms with van der Waals surface area (Å²) < 4.78 is 5.20. The lowest BCUT2D eigenvalue weighted by Crippen LogP contribution is -2.24. The van der Waals surface area contributed by atoms with Gasteiger partial charge in [-0.3, -0.25) is 9.59 Å². The molecule has 2 aliphatic rings. The predicted molar refractivity (Wildman–Crippen MR) is 135 cm³/mol. The Morgan fingerprint density at radius 1 is 0.909 bits per heavy atom. The van der Waals surface area contributed by atoms with E-state index in [9.17, 15) is 9.59 Å². The van der Waals surface area contributed by atoms with Gasteiger partial charge in [0.2, 0.25) is 5.91 Å². The van der Waals surface area contributed by atoms with E-state index in [1.54, 1.807) is 6.08 Å². The van der Waals surface area contributed by atoms with Crippen LogP contribution in [0.5, 0.6) is 5.75 Å². The summed E-state index contributed by atoms with van der Waals surface area (Å²) in [6.07, 6.45) is 8.57. The Morgan fingerprint density at radius 3 is 2.15 bits per heavy atom. The molecule has 4 rings (SSSR count). The molecule has 2 aliphatic heterocycles. The number of rotatable bonds is 4. The Balaban J connectivity index is 0.000000186. The Hall–Kier alpha value is -3.66. The van der Waals surface area contributed by atoms with Crippen LogP contribution in [0.15, 0.2) is 91.1 Å². The molecule has 0 spiro atoms. The summed E-state index contributed by atoms with van der Waals surface area (Å²) >= 11 is 0. The monoisotopic (exact) mass is 441 g/mol. The number of nitrogens with one attached hydrogen (secondary N) is 1. The highest BCUT2D eigenvalue weighted by molar-refractivity contribution is 5.96. The van der Waals surface area contributed by atoms with Crippen LogP contribution in [0.2, 0.25) is 0 Å². The molecule has 2 atom stereocenters. The fourth-order valence-corrected chi connectivity index (χ4v) is 4.46. The van der Waals surface area contributed by atoms with E-state index in [0.717, 1.165) is 28.0 Å². The minimum atomic E-state index is -0.176. The average molecular weight is 442 g/mol. The number of allylic oxidation sites excluding steroid dienone is 6. The van der Waals surface area contributed by atoms with Crippen LogP contribution in [0.4, 0.5) is 5.69 Å². The number of fused-ring (bicyclic) bond motifs is 2. The van der Waals surface area contributed by atoms with Gasteiger partial charge in [-0.05, 0) is 49.1 Å². The van der Waals surface area contributed by atoms with Crippen LogP contribution in [0.3, 0.4) is 0 Å². The molecule has 1 amide bonds. The topological polar surface area (TPSA) is 55.4 Å². The molecule has 33 heavy (non-hydrogen) atoms. The van der Waals surface area contributed by atoms with Crippen molar-refractivity contribution in [3.05, 3.63) is 108 Å². The first kappa shape index (κ1) is 24.0. The normalized spacial score (nSPS) is 19.7. The number of amides is 1. The minimum Gasteiger partial charge on any atom is -0.426 e. The lowest BCUT2D eigenvalue weighted by Gasteiger charge is -2.27. The molecular formula is C29H31NO3. The van der Waals surface area contributed by atoms with Crippen molar-refractivity contribution in [2.75, 3.05) is 5.32 Å². The molecule has 4 heteroatoms. The first-order valence-corrected chi connectivity index (χ1v) is 11.2. The molecule has 0 radical (unpaired) electrons. The van der Waals surface area contributed by atoms with Crippen LogP contribution in [-0.4, -0.2) is 11.9 Å². The smallest absolute Gasteiger partial charge is 0.312 e. The summed E-state index contributed by atoms with van der Waals surface area (Å²) in [6.45, 7) is 13.6. The van der Waals surface area contributed by atoms with E-state index in [4.69, 9.17) is 4.74 Å². The van der Waals surface area contributed by atoms with Crippen molar-refractivity contribution in [3.8, 4) is 5.75 Å². The molecule has 0 fully saturated rings. The maximum Gasteiger partial charge on any atom is 0.312 e. The Morgan fingerprint density at radius 2 is 1.52 bits per heavy atom. The van der Waals surface area contributed by atoms with Gasteiger partial charge in [0.25, 0.3) is 0 Å². The van der Waals surface area contributed by atoms with Crippen molar-refractivity contribution in [3.63, 3.8) is 0 Å². The van der Waals surface area contributed by atoms with E-state index in [2.05, 4.69) is 24.5 Å². The lowest BCUT2D eigenvalue weighted by molar-refractivity contribution is -0.135. The summed E-state index contributed by atoms with van der Waals surface area (Å²) in [4.78, 5) is 23.2. The van der Waals surface area contributed by atoms with Crippen molar-refractivity contribution < 1.29 is 14.3 Å². The zero-order valence-electron chi connectivity index (χ0n) is 19.6. The van der Waals surface area contributed by atoms with E-state index in [-0.39, 0.29) is 23.7 Å². The average Bonchev–Trinajstić information content (AvgIpc) is 2.81. The molecule has 2 aromatic carbocycles. The molecule has 0 saturated carbocycles. The highest BCUT2D eigenvalue weighted by Gasteiger charge is 2.28. The number of para-hydroxylation sites is 2. The lowest BCUT2D eigenvalue weighted by atomic mass is 9.83. The number of aryl methyl sites for hydroxylation is 1. The fourth-order valence-electron chi connectivity index (χ4n) is 4.46. The second-order valence-corrected chi connectivity index (χ2v) is 8.10. The molecule has 0 aromatic heterocycles. The third-order valence-electron chi connectivity index (χ3n) is 6.17. The van der Waals surface area contributed by atoms with Crippen molar-refractivity contribution in [2.45, 2.75) is 45.4 Å². The number of esters is 1.